The number of halogens is 2. The Hall–Kier alpha value is -4.99. The van der Waals surface area contributed by atoms with E-state index >= 15 is 8.78 Å². The van der Waals surface area contributed by atoms with E-state index < -0.39 is 35.4 Å². The second-order valence-corrected chi connectivity index (χ2v) is 11.2. The molecule has 1 aliphatic rings. The number of aromatic nitrogens is 1. The Morgan fingerprint density at radius 1 is 1.09 bits per heavy atom. The Bertz CT molecular complexity index is 1750. The summed E-state index contributed by atoms with van der Waals surface area (Å²) in [6.07, 6.45) is 2.62. The summed E-state index contributed by atoms with van der Waals surface area (Å²) < 4.78 is 48.4. The molecule has 0 bridgehead atoms. The van der Waals surface area contributed by atoms with Crippen molar-refractivity contribution in [2.45, 2.75) is 30.5 Å². The van der Waals surface area contributed by atoms with Crippen LogP contribution < -0.4 is 14.2 Å². The highest BCUT2D eigenvalue weighted by Gasteiger charge is 2.27. The van der Waals surface area contributed by atoms with Crippen LogP contribution >= 0.6 is 11.8 Å². The monoisotopic (exact) mass is 630 g/mol. The molecule has 9 nitrogen and oxygen atoms in total. The average Bonchev–Trinajstić information content (AvgIpc) is 3.48. The number of carboxylic acid groups (broad SMARTS) is 1. The minimum Gasteiger partial charge on any atom is -0.485 e. The molecular weight excluding hydrogens is 602 g/mol. The third kappa shape index (κ3) is 7.94. The molecule has 1 aromatic heterocycles. The number of ether oxygens (including phenoxy) is 3. The van der Waals surface area contributed by atoms with Crippen molar-refractivity contribution in [2.75, 3.05) is 19.3 Å². The lowest BCUT2D eigenvalue weighted by atomic mass is 10.1. The molecule has 45 heavy (non-hydrogen) atoms. The van der Waals surface area contributed by atoms with Crippen LogP contribution in [0.4, 0.5) is 8.78 Å². The summed E-state index contributed by atoms with van der Waals surface area (Å²) in [5.74, 6) is -3.40. The van der Waals surface area contributed by atoms with Gasteiger partial charge in [0.1, 0.15) is 18.5 Å². The summed E-state index contributed by atoms with van der Waals surface area (Å²) in [4.78, 5) is 21.9. The molecule has 5 rings (SSSR count). The first kappa shape index (κ1) is 31.4. The van der Waals surface area contributed by atoms with Gasteiger partial charge in [0, 0.05) is 35.7 Å². The van der Waals surface area contributed by atoms with Crippen LogP contribution in [0.3, 0.4) is 0 Å². The maximum atomic E-state index is 15.9. The molecule has 4 aromatic rings. The van der Waals surface area contributed by atoms with Gasteiger partial charge in [-0.2, -0.15) is 9.65 Å². The van der Waals surface area contributed by atoms with E-state index in [0.717, 1.165) is 16.7 Å². The summed E-state index contributed by atoms with van der Waals surface area (Å²) in [5.41, 5.74) is 1.70. The van der Waals surface area contributed by atoms with E-state index in [9.17, 15) is 10.1 Å². The molecule has 1 atom stereocenters. The first-order valence-electron chi connectivity index (χ1n) is 13.9. The van der Waals surface area contributed by atoms with Gasteiger partial charge in [-0.05, 0) is 55.1 Å². The zero-order valence-electron chi connectivity index (χ0n) is 24.2. The van der Waals surface area contributed by atoms with E-state index in [0.29, 0.717) is 24.3 Å². The van der Waals surface area contributed by atoms with Crippen LogP contribution in [0.15, 0.2) is 82.8 Å². The molecule has 0 saturated carbocycles. The lowest BCUT2D eigenvalue weighted by molar-refractivity contribution is -0.137. The van der Waals surface area contributed by atoms with Crippen molar-refractivity contribution in [2.24, 2.45) is 4.99 Å². The maximum absolute atomic E-state index is 15.9. The molecule has 2 heterocycles. The number of benzene rings is 3. The highest BCUT2D eigenvalue weighted by molar-refractivity contribution is 7.99. The molecule has 0 amide bonds. The maximum Gasteiger partial charge on any atom is 0.303 e. The van der Waals surface area contributed by atoms with Crippen molar-refractivity contribution >= 4 is 23.9 Å². The van der Waals surface area contributed by atoms with Crippen molar-refractivity contribution in [3.63, 3.8) is 0 Å². The molecule has 0 fully saturated rings. The SMILES string of the molecule is CN1CC=NC1c1cc(SCCCC(=O)O)ccc1Oc1c(F)cnc(Oc2cc(C#N)ccc2OCc2ccccc2)c1F. The molecule has 1 aliphatic heterocycles. The molecule has 3 aromatic carbocycles. The van der Waals surface area contributed by atoms with E-state index in [4.69, 9.17) is 19.3 Å². The van der Waals surface area contributed by atoms with Crippen LogP contribution in [-0.2, 0) is 11.4 Å². The summed E-state index contributed by atoms with van der Waals surface area (Å²) in [6.45, 7) is 0.762. The number of thioether (sulfide) groups is 1. The van der Waals surface area contributed by atoms with E-state index in [-0.39, 0.29) is 35.8 Å². The number of hydrogen-bond donors (Lipinski definition) is 1. The molecule has 230 valence electrons. The molecule has 1 N–H and O–H groups in total. The van der Waals surface area contributed by atoms with Gasteiger partial charge in [0.25, 0.3) is 5.88 Å². The minimum atomic E-state index is -1.19. The molecule has 0 spiro atoms. The summed E-state index contributed by atoms with van der Waals surface area (Å²) in [7, 11) is 1.86. The van der Waals surface area contributed by atoms with Crippen molar-refractivity contribution < 1.29 is 32.9 Å². The first-order valence-corrected chi connectivity index (χ1v) is 14.9. The first-order chi connectivity index (χ1) is 21.8. The van der Waals surface area contributed by atoms with Crippen molar-refractivity contribution in [3.8, 4) is 34.9 Å². The fourth-order valence-electron chi connectivity index (χ4n) is 4.45. The van der Waals surface area contributed by atoms with E-state index in [1.165, 1.54) is 30.0 Å². The predicted molar refractivity (Wildman–Crippen MR) is 164 cm³/mol. The fraction of sp³-hybridized carbons (Fsp3) is 0.212. The van der Waals surface area contributed by atoms with Gasteiger partial charge in [-0.3, -0.25) is 14.7 Å². The van der Waals surface area contributed by atoms with Gasteiger partial charge in [0.15, 0.2) is 17.3 Å². The quantitative estimate of drug-likeness (QED) is 0.119. The number of carbonyl (C=O) groups is 1. The summed E-state index contributed by atoms with van der Waals surface area (Å²) in [5, 5.41) is 18.3. The van der Waals surface area contributed by atoms with Crippen molar-refractivity contribution in [1.82, 2.24) is 9.88 Å². The number of nitrogens with zero attached hydrogens (tertiary/aromatic N) is 4. The second kappa shape index (κ2) is 14.7. The van der Waals surface area contributed by atoms with Gasteiger partial charge in [-0.25, -0.2) is 9.37 Å². The summed E-state index contributed by atoms with van der Waals surface area (Å²) >= 11 is 1.47. The average molecular weight is 631 g/mol. The Morgan fingerprint density at radius 3 is 2.62 bits per heavy atom. The van der Waals surface area contributed by atoms with Crippen LogP contribution in [0.1, 0.15) is 35.7 Å². The molecule has 0 radical (unpaired) electrons. The Labute approximate surface area is 262 Å². The minimum absolute atomic E-state index is 0.0146. The Kier molecular flexibility index (Phi) is 10.2. The van der Waals surface area contributed by atoms with Gasteiger partial charge >= 0.3 is 5.97 Å². The molecule has 0 aliphatic carbocycles. The molecular formula is C33H28F2N4O5S. The van der Waals surface area contributed by atoms with Crippen molar-refractivity contribution in [3.05, 3.63) is 101 Å². The molecule has 1 unspecified atom stereocenters. The Balaban J connectivity index is 1.42. The highest BCUT2D eigenvalue weighted by atomic mass is 32.2. The van der Waals surface area contributed by atoms with Gasteiger partial charge in [0.05, 0.1) is 17.8 Å². The van der Waals surface area contributed by atoms with Crippen LogP contribution in [0, 0.1) is 23.0 Å². The number of nitriles is 1. The van der Waals surface area contributed by atoms with Gasteiger partial charge in [0.2, 0.25) is 11.6 Å². The number of carboxylic acids is 1. The molecule has 0 saturated heterocycles. The zero-order chi connectivity index (χ0) is 31.8. The van der Waals surface area contributed by atoms with Crippen molar-refractivity contribution in [1.29, 1.82) is 5.26 Å². The number of pyridine rings is 1. The topological polar surface area (TPSA) is 117 Å². The number of rotatable bonds is 13. The number of aliphatic imine (C=N–C) groups is 1. The number of aliphatic carboxylic acids is 1. The lowest BCUT2D eigenvalue weighted by Gasteiger charge is -2.22. The van der Waals surface area contributed by atoms with Gasteiger partial charge < -0.3 is 19.3 Å². The summed E-state index contributed by atoms with van der Waals surface area (Å²) in [6, 6.07) is 21.0. The van der Waals surface area contributed by atoms with Crippen LogP contribution in [0.25, 0.3) is 0 Å². The fourth-order valence-corrected chi connectivity index (χ4v) is 5.35. The van der Waals surface area contributed by atoms with Gasteiger partial charge in [-0.15, -0.1) is 11.8 Å². The number of hydrogen-bond acceptors (Lipinski definition) is 9. The van der Waals surface area contributed by atoms with Crippen LogP contribution in [-0.4, -0.2) is 46.5 Å². The predicted octanol–water partition coefficient (Wildman–Crippen LogP) is 7.37. The standard InChI is InChI=1S/C33H28F2N4O5S/c1-39-14-13-37-32(39)24-17-23(45-15-5-8-29(40)41)10-12-26(24)43-31-25(34)19-38-33(30(31)35)44-28-16-22(18-36)9-11-27(28)42-20-21-6-3-2-4-7-21/h2-4,6-7,9-13,16-17,19,32H,5,8,14-15,20H2,1H3,(H,40,41). The van der Waals surface area contributed by atoms with Crippen LogP contribution in [0.2, 0.25) is 0 Å². The third-order valence-electron chi connectivity index (χ3n) is 6.72. The smallest absolute Gasteiger partial charge is 0.303 e. The van der Waals surface area contributed by atoms with E-state index in [2.05, 4.69) is 9.98 Å². The van der Waals surface area contributed by atoms with Gasteiger partial charge in [-0.1, -0.05) is 30.3 Å². The zero-order valence-corrected chi connectivity index (χ0v) is 25.0. The van der Waals surface area contributed by atoms with Crippen LogP contribution in [0.5, 0.6) is 28.9 Å². The van der Waals surface area contributed by atoms with E-state index in [1.54, 1.807) is 18.3 Å². The van der Waals surface area contributed by atoms with E-state index in [1.807, 2.05) is 54.4 Å². The lowest BCUT2D eigenvalue weighted by Crippen LogP contribution is -2.19. The Morgan fingerprint density at radius 2 is 1.89 bits per heavy atom. The largest absolute Gasteiger partial charge is 0.485 e. The molecule has 12 heteroatoms. The third-order valence-corrected chi connectivity index (χ3v) is 7.80. The second-order valence-electron chi connectivity index (χ2n) is 10.00. The normalized spacial score (nSPS) is 14.2. The highest BCUT2D eigenvalue weighted by Crippen LogP contribution is 2.41.